The predicted molar refractivity (Wildman–Crippen MR) is 50.9 cm³/mol. The Hall–Kier alpha value is -1.10. The Morgan fingerprint density at radius 3 is 2.71 bits per heavy atom. The number of carboxylic acid groups (broad SMARTS) is 1. The van der Waals surface area contributed by atoms with Crippen LogP contribution in [0.15, 0.2) is 0 Å². The van der Waals surface area contributed by atoms with Crippen molar-refractivity contribution in [1.82, 2.24) is 9.80 Å². The molecular formula is C9H16N2O3. The first kappa shape index (κ1) is 11.0. The summed E-state index contributed by atoms with van der Waals surface area (Å²) in [6, 6.07) is -0.500. The third-order valence-electron chi connectivity index (χ3n) is 2.57. The van der Waals surface area contributed by atoms with Gasteiger partial charge in [-0.05, 0) is 13.5 Å². The normalized spacial score (nSPS) is 24.9. The number of carbonyl (C=O) groups excluding carboxylic acids is 1. The van der Waals surface area contributed by atoms with Crippen molar-refractivity contribution in [2.75, 3.05) is 27.2 Å². The predicted octanol–water partition coefficient (Wildman–Crippen LogP) is -0.376. The van der Waals surface area contributed by atoms with Crippen molar-refractivity contribution in [1.29, 1.82) is 0 Å². The lowest BCUT2D eigenvalue weighted by Crippen LogP contribution is -2.44. The van der Waals surface area contributed by atoms with Gasteiger partial charge in [-0.15, -0.1) is 0 Å². The highest BCUT2D eigenvalue weighted by molar-refractivity contribution is 5.86. The largest absolute Gasteiger partial charge is 0.481 e. The van der Waals surface area contributed by atoms with Crippen LogP contribution in [0.2, 0.25) is 0 Å². The van der Waals surface area contributed by atoms with Crippen LogP contribution in [0.1, 0.15) is 12.8 Å². The van der Waals surface area contributed by atoms with Crippen molar-refractivity contribution < 1.29 is 14.7 Å². The first-order chi connectivity index (χ1) is 6.52. The number of hydrogen-bond acceptors (Lipinski definition) is 3. The molecule has 0 aliphatic carbocycles. The van der Waals surface area contributed by atoms with Crippen molar-refractivity contribution in [3.8, 4) is 0 Å². The molecule has 1 rings (SSSR count). The molecule has 0 bridgehead atoms. The van der Waals surface area contributed by atoms with E-state index in [0.717, 1.165) is 13.0 Å². The van der Waals surface area contributed by atoms with E-state index in [4.69, 9.17) is 5.11 Å². The molecule has 1 unspecified atom stereocenters. The number of likely N-dealkylation sites (N-methyl/N-ethyl adjacent to an activating group) is 2. The van der Waals surface area contributed by atoms with Crippen molar-refractivity contribution in [2.45, 2.75) is 18.9 Å². The molecule has 80 valence electrons. The van der Waals surface area contributed by atoms with E-state index in [1.165, 1.54) is 0 Å². The van der Waals surface area contributed by atoms with Crippen LogP contribution in [-0.2, 0) is 9.59 Å². The number of amides is 1. The van der Waals surface area contributed by atoms with E-state index < -0.39 is 12.0 Å². The van der Waals surface area contributed by atoms with Gasteiger partial charge in [-0.3, -0.25) is 14.5 Å². The van der Waals surface area contributed by atoms with Gasteiger partial charge in [0.05, 0.1) is 12.5 Å². The fourth-order valence-electron chi connectivity index (χ4n) is 1.67. The molecule has 14 heavy (non-hydrogen) atoms. The van der Waals surface area contributed by atoms with Gasteiger partial charge in [-0.1, -0.05) is 0 Å². The van der Waals surface area contributed by atoms with E-state index in [1.807, 2.05) is 4.90 Å². The highest BCUT2D eigenvalue weighted by atomic mass is 16.4. The van der Waals surface area contributed by atoms with Crippen molar-refractivity contribution in [3.05, 3.63) is 0 Å². The van der Waals surface area contributed by atoms with E-state index in [-0.39, 0.29) is 12.3 Å². The van der Waals surface area contributed by atoms with Crippen LogP contribution < -0.4 is 0 Å². The Morgan fingerprint density at radius 2 is 2.14 bits per heavy atom. The first-order valence-corrected chi connectivity index (χ1v) is 4.69. The summed E-state index contributed by atoms with van der Waals surface area (Å²) in [6.07, 6.45) is 0.786. The molecule has 1 saturated heterocycles. The molecule has 1 heterocycles. The molecule has 1 fully saturated rings. The Kier molecular flexibility index (Phi) is 3.46. The molecule has 0 aromatic heterocycles. The minimum atomic E-state index is -0.925. The van der Waals surface area contributed by atoms with Gasteiger partial charge in [0.2, 0.25) is 5.91 Å². The molecule has 0 saturated carbocycles. The molecule has 1 N–H and O–H groups in total. The quantitative estimate of drug-likeness (QED) is 0.660. The fraction of sp³-hybridized carbons (Fsp3) is 0.778. The molecule has 0 spiro atoms. The van der Waals surface area contributed by atoms with Gasteiger partial charge in [0.25, 0.3) is 0 Å². The zero-order valence-electron chi connectivity index (χ0n) is 8.56. The molecule has 5 heteroatoms. The van der Waals surface area contributed by atoms with Gasteiger partial charge in [0, 0.05) is 20.1 Å². The van der Waals surface area contributed by atoms with E-state index in [2.05, 4.69) is 0 Å². The Bertz CT molecular complexity index is 242. The van der Waals surface area contributed by atoms with E-state index >= 15 is 0 Å². The van der Waals surface area contributed by atoms with E-state index in [1.54, 1.807) is 19.0 Å². The monoisotopic (exact) mass is 200 g/mol. The summed E-state index contributed by atoms with van der Waals surface area (Å²) in [5, 5.41) is 8.68. The zero-order valence-corrected chi connectivity index (χ0v) is 8.56. The number of aliphatic carboxylic acids is 1. The van der Waals surface area contributed by atoms with Gasteiger partial charge in [0.15, 0.2) is 0 Å². The molecule has 5 nitrogen and oxygen atoms in total. The van der Waals surface area contributed by atoms with Crippen LogP contribution in [0, 0.1) is 0 Å². The number of carboxylic acids is 1. The molecule has 1 amide bonds. The summed E-state index contributed by atoms with van der Waals surface area (Å²) < 4.78 is 0. The minimum absolute atomic E-state index is 0.0904. The maximum atomic E-state index is 11.7. The second-order valence-electron chi connectivity index (χ2n) is 3.71. The average Bonchev–Trinajstić information content (AvgIpc) is 2.20. The number of nitrogens with zero attached hydrogens (tertiary/aromatic N) is 2. The van der Waals surface area contributed by atoms with E-state index in [9.17, 15) is 9.59 Å². The highest BCUT2D eigenvalue weighted by Crippen LogP contribution is 2.11. The van der Waals surface area contributed by atoms with Gasteiger partial charge in [0.1, 0.15) is 0 Å². The number of carbonyl (C=O) groups is 2. The Labute approximate surface area is 83.3 Å². The second kappa shape index (κ2) is 4.41. The SMILES string of the molecule is CN1CCCN(C)C(CC(=O)O)C1=O. The van der Waals surface area contributed by atoms with Crippen LogP contribution in [0.5, 0.6) is 0 Å². The maximum Gasteiger partial charge on any atom is 0.305 e. The molecule has 1 aliphatic heterocycles. The van der Waals surface area contributed by atoms with Crippen molar-refractivity contribution in [2.24, 2.45) is 0 Å². The van der Waals surface area contributed by atoms with Gasteiger partial charge in [-0.2, -0.15) is 0 Å². The summed E-state index contributed by atoms with van der Waals surface area (Å²) in [5.74, 6) is -1.02. The minimum Gasteiger partial charge on any atom is -0.481 e. The van der Waals surface area contributed by atoms with Gasteiger partial charge in [-0.25, -0.2) is 0 Å². The molecule has 1 aliphatic rings. The maximum absolute atomic E-state index is 11.7. The topological polar surface area (TPSA) is 60.9 Å². The number of rotatable bonds is 2. The summed E-state index contributed by atoms with van der Waals surface area (Å²) in [4.78, 5) is 25.7. The Balaban J connectivity index is 2.74. The summed E-state index contributed by atoms with van der Waals surface area (Å²) in [7, 11) is 3.51. The molecule has 0 aromatic rings. The summed E-state index contributed by atoms with van der Waals surface area (Å²) >= 11 is 0. The lowest BCUT2D eigenvalue weighted by atomic mass is 10.1. The third kappa shape index (κ3) is 2.45. The Morgan fingerprint density at radius 1 is 1.50 bits per heavy atom. The average molecular weight is 200 g/mol. The molecule has 0 radical (unpaired) electrons. The number of hydrogen-bond donors (Lipinski definition) is 1. The third-order valence-corrected chi connectivity index (χ3v) is 2.57. The zero-order chi connectivity index (χ0) is 10.7. The van der Waals surface area contributed by atoms with Crippen LogP contribution in [0.25, 0.3) is 0 Å². The lowest BCUT2D eigenvalue weighted by molar-refractivity contribution is -0.143. The lowest BCUT2D eigenvalue weighted by Gasteiger charge is -2.24. The van der Waals surface area contributed by atoms with Gasteiger partial charge >= 0.3 is 5.97 Å². The van der Waals surface area contributed by atoms with Crippen molar-refractivity contribution >= 4 is 11.9 Å². The standard InChI is InChI=1S/C9H16N2O3/c1-10-4-3-5-11(2)9(14)7(10)6-8(12)13/h7H,3-6H2,1-2H3,(H,12,13). The highest BCUT2D eigenvalue weighted by Gasteiger charge is 2.30. The summed E-state index contributed by atoms with van der Waals surface area (Å²) in [6.45, 7) is 1.48. The first-order valence-electron chi connectivity index (χ1n) is 4.69. The fourth-order valence-corrected chi connectivity index (χ4v) is 1.67. The van der Waals surface area contributed by atoms with E-state index in [0.29, 0.717) is 6.54 Å². The van der Waals surface area contributed by atoms with Crippen LogP contribution in [0.4, 0.5) is 0 Å². The van der Waals surface area contributed by atoms with Crippen LogP contribution >= 0.6 is 0 Å². The smallest absolute Gasteiger partial charge is 0.305 e. The second-order valence-corrected chi connectivity index (χ2v) is 3.71. The summed E-state index contributed by atoms with van der Waals surface area (Å²) in [5.41, 5.74) is 0. The molecule has 1 atom stereocenters. The molecular weight excluding hydrogens is 184 g/mol. The van der Waals surface area contributed by atoms with Crippen LogP contribution in [0.3, 0.4) is 0 Å². The van der Waals surface area contributed by atoms with Crippen LogP contribution in [-0.4, -0.2) is 60.0 Å². The van der Waals surface area contributed by atoms with Crippen molar-refractivity contribution in [3.63, 3.8) is 0 Å². The van der Waals surface area contributed by atoms with Gasteiger partial charge < -0.3 is 10.0 Å². The molecule has 0 aromatic carbocycles.